The molecular formula is C11H25NOS. The average molecular weight is 219 g/mol. The number of aliphatic hydroxyl groups is 1. The van der Waals surface area contributed by atoms with Gasteiger partial charge in [0.05, 0.1) is 5.60 Å². The van der Waals surface area contributed by atoms with Crippen LogP contribution in [0.1, 0.15) is 46.5 Å². The highest BCUT2D eigenvalue weighted by atomic mass is 32.2. The fourth-order valence-electron chi connectivity index (χ4n) is 1.23. The summed E-state index contributed by atoms with van der Waals surface area (Å²) in [6, 6.07) is 0. The van der Waals surface area contributed by atoms with Gasteiger partial charge in [0.15, 0.2) is 0 Å². The fourth-order valence-corrected chi connectivity index (χ4v) is 2.18. The third kappa shape index (κ3) is 5.89. The molecule has 3 heteroatoms. The van der Waals surface area contributed by atoms with Crippen LogP contribution in [0.2, 0.25) is 0 Å². The van der Waals surface area contributed by atoms with Crippen molar-refractivity contribution in [2.45, 2.75) is 57.3 Å². The summed E-state index contributed by atoms with van der Waals surface area (Å²) in [6.45, 7) is 6.84. The summed E-state index contributed by atoms with van der Waals surface area (Å²) in [6.07, 6.45) is 3.89. The van der Waals surface area contributed by atoms with E-state index < -0.39 is 5.60 Å². The minimum absolute atomic E-state index is 0.386. The lowest BCUT2D eigenvalue weighted by molar-refractivity contribution is 0.0360. The van der Waals surface area contributed by atoms with Crippen LogP contribution in [0, 0.1) is 0 Å². The molecule has 2 atom stereocenters. The Morgan fingerprint density at radius 2 is 2.07 bits per heavy atom. The quantitative estimate of drug-likeness (QED) is 0.616. The first-order chi connectivity index (χ1) is 6.58. The van der Waals surface area contributed by atoms with Crippen molar-refractivity contribution in [1.29, 1.82) is 0 Å². The summed E-state index contributed by atoms with van der Waals surface area (Å²) in [5, 5.41) is 10.7. The van der Waals surface area contributed by atoms with Crippen molar-refractivity contribution in [3.05, 3.63) is 0 Å². The Morgan fingerprint density at radius 3 is 2.50 bits per heavy atom. The molecule has 2 unspecified atom stereocenters. The highest BCUT2D eigenvalue weighted by Crippen LogP contribution is 2.20. The SMILES string of the molecule is CCC(C)SCCCC(O)(CC)CN. The van der Waals surface area contributed by atoms with E-state index in [9.17, 15) is 5.11 Å². The Bertz CT molecular complexity index is 137. The lowest BCUT2D eigenvalue weighted by Crippen LogP contribution is -2.37. The molecule has 14 heavy (non-hydrogen) atoms. The zero-order chi connectivity index (χ0) is 11.0. The van der Waals surface area contributed by atoms with Gasteiger partial charge in [-0.15, -0.1) is 0 Å². The van der Waals surface area contributed by atoms with E-state index in [1.165, 1.54) is 6.42 Å². The van der Waals surface area contributed by atoms with Crippen molar-refractivity contribution in [1.82, 2.24) is 0 Å². The lowest BCUT2D eigenvalue weighted by Gasteiger charge is -2.24. The third-order valence-electron chi connectivity index (χ3n) is 2.80. The minimum Gasteiger partial charge on any atom is -0.389 e. The Labute approximate surface area is 92.6 Å². The summed E-state index contributed by atoms with van der Waals surface area (Å²) >= 11 is 1.99. The summed E-state index contributed by atoms with van der Waals surface area (Å²) in [5.41, 5.74) is 4.91. The van der Waals surface area contributed by atoms with E-state index in [-0.39, 0.29) is 0 Å². The summed E-state index contributed by atoms with van der Waals surface area (Å²) in [5.74, 6) is 1.14. The second kappa shape index (κ2) is 7.55. The van der Waals surface area contributed by atoms with Gasteiger partial charge in [-0.3, -0.25) is 0 Å². The van der Waals surface area contributed by atoms with Crippen molar-refractivity contribution in [3.63, 3.8) is 0 Å². The molecule has 0 bridgehead atoms. The van der Waals surface area contributed by atoms with Gasteiger partial charge in [0, 0.05) is 11.8 Å². The van der Waals surface area contributed by atoms with Crippen molar-refractivity contribution >= 4 is 11.8 Å². The molecule has 0 aromatic heterocycles. The predicted octanol–water partition coefficient (Wildman–Crippen LogP) is 2.40. The van der Waals surface area contributed by atoms with Gasteiger partial charge in [0.1, 0.15) is 0 Å². The molecule has 0 aromatic carbocycles. The smallest absolute Gasteiger partial charge is 0.0767 e. The first kappa shape index (κ1) is 14.3. The normalized spacial score (nSPS) is 17.8. The van der Waals surface area contributed by atoms with Crippen LogP contribution in [0.4, 0.5) is 0 Å². The molecule has 0 spiro atoms. The lowest BCUT2D eigenvalue weighted by atomic mass is 9.95. The Balaban J connectivity index is 3.52. The first-order valence-corrected chi connectivity index (χ1v) is 6.67. The van der Waals surface area contributed by atoms with Gasteiger partial charge < -0.3 is 10.8 Å². The molecule has 86 valence electrons. The van der Waals surface area contributed by atoms with Gasteiger partial charge >= 0.3 is 0 Å². The molecule has 3 N–H and O–H groups in total. The molecule has 0 rings (SSSR count). The van der Waals surface area contributed by atoms with E-state index in [0.29, 0.717) is 6.54 Å². The maximum atomic E-state index is 9.92. The molecule has 0 radical (unpaired) electrons. The van der Waals surface area contributed by atoms with E-state index in [0.717, 1.165) is 30.3 Å². The Hall–Kier alpha value is 0.270. The van der Waals surface area contributed by atoms with Crippen molar-refractivity contribution in [2.75, 3.05) is 12.3 Å². The minimum atomic E-state index is -0.615. The maximum Gasteiger partial charge on any atom is 0.0767 e. The Kier molecular flexibility index (Phi) is 7.69. The second-order valence-corrected chi connectivity index (χ2v) is 5.52. The van der Waals surface area contributed by atoms with Crippen molar-refractivity contribution in [2.24, 2.45) is 5.73 Å². The zero-order valence-corrected chi connectivity index (χ0v) is 10.6. The third-order valence-corrected chi connectivity index (χ3v) is 4.23. The molecule has 0 saturated heterocycles. The van der Waals surface area contributed by atoms with Crippen LogP contribution in [-0.4, -0.2) is 28.3 Å². The van der Waals surface area contributed by atoms with E-state index in [1.54, 1.807) is 0 Å². The van der Waals surface area contributed by atoms with E-state index in [4.69, 9.17) is 5.73 Å². The van der Waals surface area contributed by atoms with Crippen molar-refractivity contribution < 1.29 is 5.11 Å². The average Bonchev–Trinajstić information content (AvgIpc) is 2.23. The molecule has 0 amide bonds. The molecule has 0 aromatic rings. The topological polar surface area (TPSA) is 46.2 Å². The molecule has 0 aliphatic carbocycles. The molecule has 0 fully saturated rings. The number of nitrogens with two attached hydrogens (primary N) is 1. The standard InChI is InChI=1S/C11H25NOS/c1-4-10(3)14-8-6-7-11(13,5-2)9-12/h10,13H,4-9,12H2,1-3H3. The Morgan fingerprint density at radius 1 is 1.43 bits per heavy atom. The summed E-state index contributed by atoms with van der Waals surface area (Å²) < 4.78 is 0. The molecule has 2 nitrogen and oxygen atoms in total. The summed E-state index contributed by atoms with van der Waals surface area (Å²) in [4.78, 5) is 0. The van der Waals surface area contributed by atoms with E-state index >= 15 is 0 Å². The second-order valence-electron chi connectivity index (χ2n) is 3.98. The number of hydrogen-bond donors (Lipinski definition) is 2. The van der Waals surface area contributed by atoms with E-state index in [2.05, 4.69) is 13.8 Å². The largest absolute Gasteiger partial charge is 0.389 e. The van der Waals surface area contributed by atoms with Gasteiger partial charge in [-0.05, 0) is 31.4 Å². The van der Waals surface area contributed by atoms with Gasteiger partial charge in [-0.2, -0.15) is 11.8 Å². The maximum absolute atomic E-state index is 9.92. The predicted molar refractivity (Wildman–Crippen MR) is 65.7 cm³/mol. The van der Waals surface area contributed by atoms with Crippen LogP contribution >= 0.6 is 11.8 Å². The van der Waals surface area contributed by atoms with Crippen LogP contribution in [0.25, 0.3) is 0 Å². The monoisotopic (exact) mass is 219 g/mol. The van der Waals surface area contributed by atoms with Crippen LogP contribution in [0.3, 0.4) is 0 Å². The fraction of sp³-hybridized carbons (Fsp3) is 1.00. The van der Waals surface area contributed by atoms with Gasteiger partial charge in [-0.1, -0.05) is 20.8 Å². The molecule has 0 saturated carbocycles. The number of hydrogen-bond acceptors (Lipinski definition) is 3. The number of thioether (sulfide) groups is 1. The molecule has 0 aliphatic heterocycles. The summed E-state index contributed by atoms with van der Waals surface area (Å²) in [7, 11) is 0. The van der Waals surface area contributed by atoms with Crippen LogP contribution in [0.15, 0.2) is 0 Å². The number of rotatable bonds is 8. The first-order valence-electron chi connectivity index (χ1n) is 5.62. The highest BCUT2D eigenvalue weighted by molar-refractivity contribution is 7.99. The van der Waals surface area contributed by atoms with E-state index in [1.807, 2.05) is 18.7 Å². The van der Waals surface area contributed by atoms with Gasteiger partial charge in [0.2, 0.25) is 0 Å². The van der Waals surface area contributed by atoms with Gasteiger partial charge in [-0.25, -0.2) is 0 Å². The van der Waals surface area contributed by atoms with Crippen LogP contribution in [-0.2, 0) is 0 Å². The van der Waals surface area contributed by atoms with Crippen LogP contribution < -0.4 is 5.73 Å². The molecule has 0 heterocycles. The van der Waals surface area contributed by atoms with Crippen LogP contribution in [0.5, 0.6) is 0 Å². The molecule has 0 aliphatic rings. The van der Waals surface area contributed by atoms with Gasteiger partial charge in [0.25, 0.3) is 0 Å². The highest BCUT2D eigenvalue weighted by Gasteiger charge is 2.21. The molecular weight excluding hydrogens is 194 g/mol. The van der Waals surface area contributed by atoms with Crippen molar-refractivity contribution in [3.8, 4) is 0 Å². The zero-order valence-electron chi connectivity index (χ0n) is 9.75.